The first-order chi connectivity index (χ1) is 11.6. The van der Waals surface area contributed by atoms with Gasteiger partial charge in [0, 0.05) is 35.2 Å². The molecule has 3 rings (SSSR count). The Bertz CT molecular complexity index is 771. The number of nitrogens with zero attached hydrogens (tertiary/aromatic N) is 5. The molecule has 0 aliphatic heterocycles. The molecular formula is C16H16FN5OS. The van der Waals surface area contributed by atoms with Gasteiger partial charge in [0.1, 0.15) is 11.6 Å². The third kappa shape index (κ3) is 3.11. The molecule has 0 spiro atoms. The second kappa shape index (κ2) is 6.98. The van der Waals surface area contributed by atoms with Gasteiger partial charge in [0.05, 0.1) is 5.01 Å². The molecule has 0 radical (unpaired) electrons. The number of carbonyl (C=O) groups is 1. The smallest absolute Gasteiger partial charge is 0.215 e. The van der Waals surface area contributed by atoms with E-state index >= 15 is 0 Å². The topological polar surface area (TPSA) is 82.0 Å². The van der Waals surface area contributed by atoms with Crippen LogP contribution in [0, 0.1) is 5.82 Å². The predicted molar refractivity (Wildman–Crippen MR) is 90.6 cm³/mol. The third-order valence-electron chi connectivity index (χ3n) is 4.42. The number of carbonyl (C=O) groups excluding carboxylic acids is 1. The molecule has 6 nitrogen and oxygen atoms in total. The van der Waals surface area contributed by atoms with Gasteiger partial charge in [-0.1, -0.05) is 17.2 Å². The highest BCUT2D eigenvalue weighted by atomic mass is 32.1. The van der Waals surface area contributed by atoms with Crippen molar-refractivity contribution in [1.82, 2.24) is 4.98 Å². The SMILES string of the molecule is CN(C=O)c1csc([C@H]2CC[C@H](N=[N+]=[N-])[C@@H]2c2ccc(F)cc2)n1. The van der Waals surface area contributed by atoms with Crippen molar-refractivity contribution in [2.24, 2.45) is 5.11 Å². The molecule has 1 aromatic heterocycles. The number of halogens is 1. The molecule has 1 heterocycles. The monoisotopic (exact) mass is 345 g/mol. The van der Waals surface area contributed by atoms with Crippen LogP contribution in [0.2, 0.25) is 0 Å². The van der Waals surface area contributed by atoms with Gasteiger partial charge in [0.25, 0.3) is 0 Å². The van der Waals surface area contributed by atoms with Crippen molar-refractivity contribution in [1.29, 1.82) is 0 Å². The van der Waals surface area contributed by atoms with Crippen LogP contribution in [0.3, 0.4) is 0 Å². The van der Waals surface area contributed by atoms with E-state index in [2.05, 4.69) is 15.0 Å². The largest absolute Gasteiger partial charge is 0.302 e. The van der Waals surface area contributed by atoms with E-state index in [-0.39, 0.29) is 23.7 Å². The van der Waals surface area contributed by atoms with Crippen molar-refractivity contribution in [3.8, 4) is 0 Å². The number of azide groups is 1. The molecule has 24 heavy (non-hydrogen) atoms. The average molecular weight is 345 g/mol. The first kappa shape index (κ1) is 16.4. The van der Waals surface area contributed by atoms with E-state index in [1.165, 1.54) is 28.4 Å². The number of benzene rings is 1. The minimum absolute atomic E-state index is 0.0398. The summed E-state index contributed by atoms with van der Waals surface area (Å²) in [5.74, 6) is 0.361. The molecule has 1 aliphatic rings. The minimum Gasteiger partial charge on any atom is -0.302 e. The van der Waals surface area contributed by atoms with E-state index in [4.69, 9.17) is 5.53 Å². The van der Waals surface area contributed by atoms with Crippen molar-refractivity contribution < 1.29 is 9.18 Å². The van der Waals surface area contributed by atoms with E-state index in [1.54, 1.807) is 19.2 Å². The summed E-state index contributed by atoms with van der Waals surface area (Å²) in [7, 11) is 1.65. The fourth-order valence-corrected chi connectivity index (χ4v) is 4.29. The Labute approximate surface area is 142 Å². The van der Waals surface area contributed by atoms with Gasteiger partial charge in [-0.15, -0.1) is 11.3 Å². The van der Waals surface area contributed by atoms with Crippen molar-refractivity contribution in [2.75, 3.05) is 11.9 Å². The Morgan fingerprint density at radius 1 is 1.42 bits per heavy atom. The quantitative estimate of drug-likeness (QED) is 0.352. The standard InChI is InChI=1S/C16H16FN5OS/c1-22(9-23)14-8-24-16(19-14)12-6-7-13(20-21-18)15(12)10-2-4-11(17)5-3-10/h2-5,8-9,12-13,15H,6-7H2,1H3/t12-,13-,15+/m0/s1. The summed E-state index contributed by atoms with van der Waals surface area (Å²) in [5.41, 5.74) is 9.78. The maximum Gasteiger partial charge on any atom is 0.215 e. The Morgan fingerprint density at radius 3 is 2.83 bits per heavy atom. The van der Waals surface area contributed by atoms with Gasteiger partial charge in [0.2, 0.25) is 6.41 Å². The van der Waals surface area contributed by atoms with Crippen LogP contribution in [-0.4, -0.2) is 24.5 Å². The van der Waals surface area contributed by atoms with Crippen molar-refractivity contribution in [3.05, 3.63) is 56.5 Å². The zero-order chi connectivity index (χ0) is 17.1. The van der Waals surface area contributed by atoms with Gasteiger partial charge in [-0.05, 0) is 36.1 Å². The molecular weight excluding hydrogens is 329 g/mol. The van der Waals surface area contributed by atoms with Gasteiger partial charge >= 0.3 is 0 Å². The Balaban J connectivity index is 1.96. The number of hydrogen-bond donors (Lipinski definition) is 0. The highest BCUT2D eigenvalue weighted by Gasteiger charge is 2.39. The average Bonchev–Trinajstić information content (AvgIpc) is 3.22. The van der Waals surface area contributed by atoms with Crippen molar-refractivity contribution in [2.45, 2.75) is 30.7 Å². The van der Waals surface area contributed by atoms with E-state index < -0.39 is 0 Å². The van der Waals surface area contributed by atoms with Crippen LogP contribution in [0.25, 0.3) is 10.4 Å². The van der Waals surface area contributed by atoms with E-state index in [9.17, 15) is 9.18 Å². The van der Waals surface area contributed by atoms with Crippen LogP contribution in [0.15, 0.2) is 34.8 Å². The summed E-state index contributed by atoms with van der Waals surface area (Å²) < 4.78 is 13.2. The number of anilines is 1. The lowest BCUT2D eigenvalue weighted by Gasteiger charge is -2.21. The molecule has 0 saturated heterocycles. The van der Waals surface area contributed by atoms with Gasteiger partial charge in [-0.25, -0.2) is 9.37 Å². The van der Waals surface area contributed by atoms with Gasteiger partial charge in [-0.3, -0.25) is 4.79 Å². The second-order valence-electron chi connectivity index (χ2n) is 5.79. The Kier molecular flexibility index (Phi) is 4.78. The summed E-state index contributed by atoms with van der Waals surface area (Å²) in [6.45, 7) is 0. The molecule has 2 aromatic rings. The van der Waals surface area contributed by atoms with E-state index in [1.807, 2.05) is 5.38 Å². The summed E-state index contributed by atoms with van der Waals surface area (Å²) in [6, 6.07) is 6.15. The molecule has 1 aliphatic carbocycles. The highest BCUT2D eigenvalue weighted by molar-refractivity contribution is 7.10. The summed E-state index contributed by atoms with van der Waals surface area (Å²) >= 11 is 1.49. The summed E-state index contributed by atoms with van der Waals surface area (Å²) in [6.07, 6.45) is 2.31. The maximum atomic E-state index is 13.2. The Hall–Kier alpha value is -2.44. The lowest BCUT2D eigenvalue weighted by atomic mass is 9.87. The molecule has 124 valence electrons. The van der Waals surface area contributed by atoms with E-state index in [0.29, 0.717) is 12.2 Å². The van der Waals surface area contributed by atoms with Crippen molar-refractivity contribution in [3.63, 3.8) is 0 Å². The Morgan fingerprint density at radius 2 is 2.17 bits per heavy atom. The first-order valence-corrected chi connectivity index (χ1v) is 8.45. The number of amides is 1. The molecule has 0 unspecified atom stereocenters. The highest BCUT2D eigenvalue weighted by Crippen LogP contribution is 2.48. The number of rotatable bonds is 5. The molecule has 0 bridgehead atoms. The van der Waals surface area contributed by atoms with Crippen LogP contribution >= 0.6 is 11.3 Å². The van der Waals surface area contributed by atoms with Crippen LogP contribution in [-0.2, 0) is 4.79 Å². The third-order valence-corrected chi connectivity index (χ3v) is 5.39. The molecule has 1 amide bonds. The van der Waals surface area contributed by atoms with Crippen LogP contribution in [0.5, 0.6) is 0 Å². The minimum atomic E-state index is -0.294. The van der Waals surface area contributed by atoms with Gasteiger partial charge in [0.15, 0.2) is 0 Å². The zero-order valence-corrected chi connectivity index (χ0v) is 13.9. The van der Waals surface area contributed by atoms with Gasteiger partial charge in [-0.2, -0.15) is 0 Å². The first-order valence-electron chi connectivity index (χ1n) is 7.57. The normalized spacial score (nSPS) is 22.8. The molecule has 1 aromatic carbocycles. The number of hydrogen-bond acceptors (Lipinski definition) is 4. The maximum absolute atomic E-state index is 13.2. The fourth-order valence-electron chi connectivity index (χ4n) is 3.26. The van der Waals surface area contributed by atoms with Crippen LogP contribution in [0.1, 0.15) is 35.2 Å². The molecule has 1 saturated carbocycles. The number of thiazole rings is 1. The molecule has 8 heteroatoms. The fraction of sp³-hybridized carbons (Fsp3) is 0.375. The summed E-state index contributed by atoms with van der Waals surface area (Å²) in [4.78, 5) is 19.8. The van der Waals surface area contributed by atoms with E-state index in [0.717, 1.165) is 23.4 Å². The lowest BCUT2D eigenvalue weighted by molar-refractivity contribution is -0.107. The van der Waals surface area contributed by atoms with Gasteiger partial charge < -0.3 is 4.90 Å². The predicted octanol–water partition coefficient (Wildman–Crippen LogP) is 4.21. The summed E-state index contributed by atoms with van der Waals surface area (Å²) in [5, 5.41) is 6.68. The molecule has 3 atom stereocenters. The molecule has 0 N–H and O–H groups in total. The zero-order valence-electron chi connectivity index (χ0n) is 13.0. The lowest BCUT2D eigenvalue weighted by Crippen LogP contribution is -2.16. The van der Waals surface area contributed by atoms with Crippen LogP contribution in [0.4, 0.5) is 10.2 Å². The second-order valence-corrected chi connectivity index (χ2v) is 6.68. The van der Waals surface area contributed by atoms with Crippen LogP contribution < -0.4 is 4.90 Å². The van der Waals surface area contributed by atoms with Crippen molar-refractivity contribution >= 4 is 23.6 Å². The molecule has 1 fully saturated rings. The number of aromatic nitrogens is 1.